The molecule has 0 aliphatic heterocycles. The Morgan fingerprint density at radius 3 is 2.62 bits per heavy atom. The smallest absolute Gasteiger partial charge is 0.335 e. The van der Waals surface area contributed by atoms with Gasteiger partial charge in [-0.25, -0.2) is 13.2 Å². The Hall–Kier alpha value is -2.32. The minimum atomic E-state index is -4.00. The van der Waals surface area contributed by atoms with Gasteiger partial charge in [0, 0.05) is 6.20 Å². The molecule has 0 unspecified atom stereocenters. The van der Waals surface area contributed by atoms with E-state index in [0.717, 1.165) is 18.2 Å². The zero-order chi connectivity index (χ0) is 15.6. The summed E-state index contributed by atoms with van der Waals surface area (Å²) in [5.74, 6) is -1.20. The summed E-state index contributed by atoms with van der Waals surface area (Å²) in [6.45, 7) is 0. The zero-order valence-electron chi connectivity index (χ0n) is 10.4. The molecular formula is C12H10ClN3O4S. The van der Waals surface area contributed by atoms with E-state index in [4.69, 9.17) is 22.4 Å². The van der Waals surface area contributed by atoms with Crippen LogP contribution in [0.15, 0.2) is 41.6 Å². The van der Waals surface area contributed by atoms with Crippen molar-refractivity contribution in [2.24, 2.45) is 0 Å². The highest BCUT2D eigenvalue weighted by Crippen LogP contribution is 2.26. The normalized spacial score (nSPS) is 11.1. The minimum absolute atomic E-state index is 0.0980. The van der Waals surface area contributed by atoms with Crippen LogP contribution in [0.1, 0.15) is 10.4 Å². The Morgan fingerprint density at radius 2 is 2.05 bits per heavy atom. The number of aromatic nitrogens is 1. The highest BCUT2D eigenvalue weighted by Gasteiger charge is 2.20. The first kappa shape index (κ1) is 15.1. The summed E-state index contributed by atoms with van der Waals surface area (Å²) in [6, 6.07) is 4.77. The minimum Gasteiger partial charge on any atom is -0.478 e. The summed E-state index contributed by atoms with van der Waals surface area (Å²) in [7, 11) is -4.00. The fourth-order valence-corrected chi connectivity index (χ4v) is 2.97. The number of hydrogen-bond acceptors (Lipinski definition) is 5. The van der Waals surface area contributed by atoms with Crippen LogP contribution in [-0.4, -0.2) is 24.5 Å². The summed E-state index contributed by atoms with van der Waals surface area (Å²) in [6.07, 6.45) is 2.66. The molecule has 0 saturated heterocycles. The molecular weight excluding hydrogens is 318 g/mol. The molecule has 0 fully saturated rings. The van der Waals surface area contributed by atoms with Crippen LogP contribution in [0.2, 0.25) is 5.02 Å². The van der Waals surface area contributed by atoms with Gasteiger partial charge in [-0.2, -0.15) is 0 Å². The number of halogens is 1. The SMILES string of the molecule is Nc1cc(C(=O)O)ccc1S(=O)(=O)Nc1cnccc1Cl. The first-order valence-corrected chi connectivity index (χ1v) is 7.42. The summed E-state index contributed by atoms with van der Waals surface area (Å²) in [4.78, 5) is 14.3. The molecule has 0 radical (unpaired) electrons. The highest BCUT2D eigenvalue weighted by atomic mass is 35.5. The number of carbonyl (C=O) groups is 1. The summed E-state index contributed by atoms with van der Waals surface area (Å²) in [5, 5.41) is 9.00. The lowest BCUT2D eigenvalue weighted by molar-refractivity contribution is 0.0697. The monoisotopic (exact) mass is 327 g/mol. The second-order valence-corrected chi connectivity index (χ2v) is 6.08. The Bertz CT molecular complexity index is 808. The molecule has 4 N–H and O–H groups in total. The topological polar surface area (TPSA) is 122 Å². The van der Waals surface area contributed by atoms with Gasteiger partial charge in [-0.1, -0.05) is 11.6 Å². The van der Waals surface area contributed by atoms with Gasteiger partial charge < -0.3 is 10.8 Å². The fourth-order valence-electron chi connectivity index (χ4n) is 1.58. The lowest BCUT2D eigenvalue weighted by Gasteiger charge is -2.11. The van der Waals surface area contributed by atoms with Gasteiger partial charge in [0.25, 0.3) is 10.0 Å². The number of carboxylic acids is 1. The molecule has 7 nitrogen and oxygen atoms in total. The lowest BCUT2D eigenvalue weighted by Crippen LogP contribution is -2.15. The molecule has 0 aliphatic rings. The van der Waals surface area contributed by atoms with E-state index in [1.807, 2.05) is 0 Å². The van der Waals surface area contributed by atoms with Gasteiger partial charge in [0.15, 0.2) is 0 Å². The number of nitrogens with two attached hydrogens (primary N) is 1. The van der Waals surface area contributed by atoms with Crippen molar-refractivity contribution >= 4 is 39.0 Å². The average Bonchev–Trinajstić information content (AvgIpc) is 2.40. The van der Waals surface area contributed by atoms with Gasteiger partial charge in [0.2, 0.25) is 0 Å². The van der Waals surface area contributed by atoms with Gasteiger partial charge >= 0.3 is 5.97 Å². The predicted molar refractivity (Wildman–Crippen MR) is 77.9 cm³/mol. The van der Waals surface area contributed by atoms with Crippen molar-refractivity contribution in [3.8, 4) is 0 Å². The molecule has 110 valence electrons. The average molecular weight is 328 g/mol. The second kappa shape index (κ2) is 5.58. The first-order chi connectivity index (χ1) is 9.81. The molecule has 0 aliphatic carbocycles. The number of pyridine rings is 1. The van der Waals surface area contributed by atoms with Gasteiger partial charge in [0.05, 0.1) is 28.2 Å². The van der Waals surface area contributed by atoms with E-state index >= 15 is 0 Å². The maximum atomic E-state index is 12.2. The van der Waals surface area contributed by atoms with E-state index in [2.05, 4.69) is 9.71 Å². The van der Waals surface area contributed by atoms with E-state index in [1.165, 1.54) is 18.5 Å². The Kier molecular flexibility index (Phi) is 4.01. The lowest BCUT2D eigenvalue weighted by atomic mass is 10.2. The number of aromatic carboxylic acids is 1. The molecule has 1 heterocycles. The molecule has 1 aromatic heterocycles. The van der Waals surface area contributed by atoms with Crippen LogP contribution >= 0.6 is 11.6 Å². The predicted octanol–water partition coefficient (Wildman–Crippen LogP) is 1.82. The number of nitrogen functional groups attached to an aromatic ring is 1. The Labute approximate surface area is 125 Å². The third kappa shape index (κ3) is 3.23. The van der Waals surface area contributed by atoms with E-state index in [9.17, 15) is 13.2 Å². The van der Waals surface area contributed by atoms with Crippen LogP contribution in [0.4, 0.5) is 11.4 Å². The quantitative estimate of drug-likeness (QED) is 0.736. The van der Waals surface area contributed by atoms with E-state index in [-0.39, 0.29) is 26.9 Å². The number of hydrogen-bond donors (Lipinski definition) is 3. The van der Waals surface area contributed by atoms with Crippen molar-refractivity contribution in [1.29, 1.82) is 0 Å². The van der Waals surface area contributed by atoms with Gasteiger partial charge in [-0.05, 0) is 24.3 Å². The van der Waals surface area contributed by atoms with E-state index in [1.54, 1.807) is 0 Å². The van der Waals surface area contributed by atoms with Crippen LogP contribution < -0.4 is 10.5 Å². The number of carboxylic acid groups (broad SMARTS) is 1. The molecule has 1 aromatic carbocycles. The molecule has 21 heavy (non-hydrogen) atoms. The molecule has 0 saturated carbocycles. The van der Waals surface area contributed by atoms with E-state index < -0.39 is 16.0 Å². The molecule has 2 aromatic rings. The number of nitrogens with one attached hydrogen (secondary N) is 1. The molecule has 9 heteroatoms. The second-order valence-electron chi connectivity index (χ2n) is 4.02. The Morgan fingerprint density at radius 1 is 1.33 bits per heavy atom. The fraction of sp³-hybridized carbons (Fsp3) is 0. The van der Waals surface area contributed by atoms with Gasteiger partial charge in [0.1, 0.15) is 4.90 Å². The summed E-state index contributed by atoms with van der Waals surface area (Å²) in [5.41, 5.74) is 5.42. The number of rotatable bonds is 4. The van der Waals surface area contributed by atoms with Crippen molar-refractivity contribution in [2.75, 3.05) is 10.5 Å². The number of nitrogens with zero attached hydrogens (tertiary/aromatic N) is 1. The first-order valence-electron chi connectivity index (χ1n) is 5.56. The van der Waals surface area contributed by atoms with Crippen LogP contribution in [0.3, 0.4) is 0 Å². The number of anilines is 2. The van der Waals surface area contributed by atoms with Crippen molar-refractivity contribution in [3.05, 3.63) is 47.2 Å². The van der Waals surface area contributed by atoms with Gasteiger partial charge in [-0.15, -0.1) is 0 Å². The van der Waals surface area contributed by atoms with Crippen LogP contribution in [0, 0.1) is 0 Å². The molecule has 0 spiro atoms. The molecule has 2 rings (SSSR count). The third-order valence-electron chi connectivity index (χ3n) is 2.56. The van der Waals surface area contributed by atoms with Crippen molar-refractivity contribution in [1.82, 2.24) is 4.98 Å². The maximum absolute atomic E-state index is 12.2. The highest BCUT2D eigenvalue weighted by molar-refractivity contribution is 7.92. The van der Waals surface area contributed by atoms with Crippen molar-refractivity contribution < 1.29 is 18.3 Å². The summed E-state index contributed by atoms with van der Waals surface area (Å²) >= 11 is 5.85. The number of benzene rings is 1. The number of sulfonamides is 1. The molecule has 0 bridgehead atoms. The van der Waals surface area contributed by atoms with Crippen LogP contribution in [0.25, 0.3) is 0 Å². The Balaban J connectivity index is 2.41. The largest absolute Gasteiger partial charge is 0.478 e. The van der Waals surface area contributed by atoms with Crippen molar-refractivity contribution in [2.45, 2.75) is 4.90 Å². The van der Waals surface area contributed by atoms with E-state index in [0.29, 0.717) is 0 Å². The zero-order valence-corrected chi connectivity index (χ0v) is 12.0. The van der Waals surface area contributed by atoms with Gasteiger partial charge in [-0.3, -0.25) is 9.71 Å². The molecule has 0 atom stereocenters. The maximum Gasteiger partial charge on any atom is 0.335 e. The summed E-state index contributed by atoms with van der Waals surface area (Å²) < 4.78 is 26.7. The van der Waals surface area contributed by atoms with Crippen LogP contribution in [-0.2, 0) is 10.0 Å². The third-order valence-corrected chi connectivity index (χ3v) is 4.33. The van der Waals surface area contributed by atoms with Crippen LogP contribution in [0.5, 0.6) is 0 Å². The molecule has 0 amide bonds. The standard InChI is InChI=1S/C12H10ClN3O4S/c13-8-3-4-15-6-10(8)16-21(19,20)11-2-1-7(12(17)18)5-9(11)14/h1-6,16H,14H2,(H,17,18). The van der Waals surface area contributed by atoms with Crippen molar-refractivity contribution in [3.63, 3.8) is 0 Å².